The molecule has 0 aliphatic carbocycles. The smallest absolute Gasteiger partial charge is 0.242 e. The maximum Gasteiger partial charge on any atom is 0.242 e. The second kappa shape index (κ2) is 6.08. The lowest BCUT2D eigenvalue weighted by Gasteiger charge is -2.33. The number of aliphatic hydroxyl groups excluding tert-OH is 1. The number of piperidine rings is 1. The van der Waals surface area contributed by atoms with Crippen LogP contribution in [-0.2, 0) is 11.3 Å². The molecule has 5 nitrogen and oxygen atoms in total. The minimum atomic E-state index is -0.695. The predicted octanol–water partition coefficient (Wildman–Crippen LogP) is 2.49. The van der Waals surface area contributed by atoms with Gasteiger partial charge < -0.3 is 14.6 Å². The number of nitrogens with zero attached hydrogens (tertiary/aromatic N) is 3. The molecule has 0 saturated carbocycles. The number of hydrogen-bond donors (Lipinski definition) is 1. The maximum absolute atomic E-state index is 12.7. The van der Waals surface area contributed by atoms with Gasteiger partial charge in [-0.05, 0) is 45.2 Å². The molecule has 2 atom stereocenters. The van der Waals surface area contributed by atoms with Crippen molar-refractivity contribution in [3.8, 4) is 0 Å². The Kier molecular flexibility index (Phi) is 4.16. The Morgan fingerprint density at radius 1 is 1.41 bits per heavy atom. The summed E-state index contributed by atoms with van der Waals surface area (Å²) in [7, 11) is 0. The van der Waals surface area contributed by atoms with Crippen molar-refractivity contribution in [3.63, 3.8) is 0 Å². The highest BCUT2D eigenvalue weighted by Crippen LogP contribution is 2.22. The molecule has 1 aromatic carbocycles. The number of amides is 1. The highest BCUT2D eigenvalue weighted by molar-refractivity contribution is 5.81. The van der Waals surface area contributed by atoms with E-state index in [1.54, 1.807) is 6.92 Å². The molecule has 1 saturated heterocycles. The van der Waals surface area contributed by atoms with Gasteiger partial charge in [0.05, 0.1) is 11.0 Å². The molecule has 0 radical (unpaired) electrons. The second-order valence-electron chi connectivity index (χ2n) is 6.15. The van der Waals surface area contributed by atoms with E-state index in [1.807, 2.05) is 33.7 Å². The molecule has 1 fully saturated rings. The first-order valence-corrected chi connectivity index (χ1v) is 8.00. The summed E-state index contributed by atoms with van der Waals surface area (Å²) in [5, 5.41) is 9.97. The number of fused-ring (bicyclic) bond motifs is 1. The van der Waals surface area contributed by atoms with Crippen molar-refractivity contribution >= 4 is 16.9 Å². The van der Waals surface area contributed by atoms with E-state index in [0.29, 0.717) is 11.9 Å². The molecule has 1 aliphatic heterocycles. The number of hydrogen-bond acceptors (Lipinski definition) is 3. The largest absolute Gasteiger partial charge is 0.385 e. The van der Waals surface area contributed by atoms with E-state index in [9.17, 15) is 9.90 Å². The minimum absolute atomic E-state index is 0.109. The standard InChI is InChI=1S/C17H23N3O2/c1-12-7-5-6-10-19(12)16(22)11-20-15-9-4-3-8-14(15)18-17(20)13(2)21/h3-4,8-9,12-13,21H,5-7,10-11H2,1-2H3. The fraction of sp³-hybridized carbons (Fsp3) is 0.529. The molecule has 1 aromatic heterocycles. The van der Waals surface area contributed by atoms with E-state index in [1.165, 1.54) is 6.42 Å². The van der Waals surface area contributed by atoms with Gasteiger partial charge in [-0.1, -0.05) is 12.1 Å². The molecule has 3 rings (SSSR count). The Labute approximate surface area is 130 Å². The van der Waals surface area contributed by atoms with Crippen LogP contribution in [-0.4, -0.2) is 38.1 Å². The lowest BCUT2D eigenvalue weighted by atomic mass is 10.0. The SMILES string of the molecule is CC(O)c1nc2ccccc2n1CC(=O)N1CCCCC1C. The molecule has 1 N–H and O–H groups in total. The molecule has 118 valence electrons. The zero-order chi connectivity index (χ0) is 15.7. The number of benzene rings is 1. The average molecular weight is 301 g/mol. The number of likely N-dealkylation sites (tertiary alicyclic amines) is 1. The molecule has 1 amide bonds. The van der Waals surface area contributed by atoms with Crippen LogP contribution in [0.3, 0.4) is 0 Å². The predicted molar refractivity (Wildman–Crippen MR) is 85.4 cm³/mol. The van der Waals surface area contributed by atoms with E-state index in [4.69, 9.17) is 0 Å². The van der Waals surface area contributed by atoms with E-state index >= 15 is 0 Å². The summed E-state index contributed by atoms with van der Waals surface area (Å²) in [6, 6.07) is 8.00. The zero-order valence-corrected chi connectivity index (χ0v) is 13.2. The normalized spacial score (nSPS) is 20.3. The lowest BCUT2D eigenvalue weighted by molar-refractivity contribution is -0.135. The van der Waals surface area contributed by atoms with Gasteiger partial charge in [-0.3, -0.25) is 4.79 Å². The summed E-state index contributed by atoms with van der Waals surface area (Å²) in [6.07, 6.45) is 2.64. The van der Waals surface area contributed by atoms with Crippen LogP contribution in [0.4, 0.5) is 0 Å². The summed E-state index contributed by atoms with van der Waals surface area (Å²) in [5.41, 5.74) is 1.72. The highest BCUT2D eigenvalue weighted by Gasteiger charge is 2.25. The molecule has 2 unspecified atom stereocenters. The maximum atomic E-state index is 12.7. The molecule has 2 aromatic rings. The van der Waals surface area contributed by atoms with Crippen LogP contribution < -0.4 is 0 Å². The zero-order valence-electron chi connectivity index (χ0n) is 13.2. The minimum Gasteiger partial charge on any atom is -0.385 e. The van der Waals surface area contributed by atoms with E-state index in [-0.39, 0.29) is 12.5 Å². The number of rotatable bonds is 3. The van der Waals surface area contributed by atoms with Crippen molar-refractivity contribution in [2.24, 2.45) is 0 Å². The number of para-hydroxylation sites is 2. The lowest BCUT2D eigenvalue weighted by Crippen LogP contribution is -2.43. The van der Waals surface area contributed by atoms with Crippen LogP contribution in [0, 0.1) is 0 Å². The Hall–Kier alpha value is -1.88. The van der Waals surface area contributed by atoms with Crippen molar-refractivity contribution in [3.05, 3.63) is 30.1 Å². The molecule has 0 spiro atoms. The van der Waals surface area contributed by atoms with Crippen LogP contribution in [0.15, 0.2) is 24.3 Å². The quantitative estimate of drug-likeness (QED) is 0.947. The Balaban J connectivity index is 1.92. The van der Waals surface area contributed by atoms with Gasteiger partial charge in [0.2, 0.25) is 5.91 Å². The summed E-state index contributed by atoms with van der Waals surface area (Å²) in [6.45, 7) is 4.87. The van der Waals surface area contributed by atoms with Gasteiger partial charge in [-0.25, -0.2) is 4.98 Å². The molecular formula is C17H23N3O2. The van der Waals surface area contributed by atoms with E-state index in [2.05, 4.69) is 11.9 Å². The molecule has 0 bridgehead atoms. The van der Waals surface area contributed by atoms with Crippen LogP contribution >= 0.6 is 0 Å². The molecule has 1 aliphatic rings. The van der Waals surface area contributed by atoms with Crippen LogP contribution in [0.25, 0.3) is 11.0 Å². The van der Waals surface area contributed by atoms with Crippen LogP contribution in [0.5, 0.6) is 0 Å². The summed E-state index contributed by atoms with van der Waals surface area (Å²) >= 11 is 0. The van der Waals surface area contributed by atoms with Crippen LogP contribution in [0.1, 0.15) is 45.0 Å². The number of imidazole rings is 1. The van der Waals surface area contributed by atoms with Crippen molar-refractivity contribution in [2.75, 3.05) is 6.54 Å². The summed E-state index contributed by atoms with van der Waals surface area (Å²) < 4.78 is 1.85. The molecule has 5 heteroatoms. The fourth-order valence-corrected chi connectivity index (χ4v) is 3.27. The topological polar surface area (TPSA) is 58.4 Å². The fourth-order valence-electron chi connectivity index (χ4n) is 3.27. The summed E-state index contributed by atoms with van der Waals surface area (Å²) in [5.74, 6) is 0.663. The molecule has 22 heavy (non-hydrogen) atoms. The number of carbonyl (C=O) groups is 1. The van der Waals surface area contributed by atoms with Crippen molar-refractivity contribution < 1.29 is 9.90 Å². The van der Waals surface area contributed by atoms with Gasteiger partial charge in [0.25, 0.3) is 0 Å². The first-order valence-electron chi connectivity index (χ1n) is 8.00. The Morgan fingerprint density at radius 2 is 2.18 bits per heavy atom. The monoisotopic (exact) mass is 301 g/mol. The summed E-state index contributed by atoms with van der Waals surface area (Å²) in [4.78, 5) is 19.1. The van der Waals surface area contributed by atoms with Crippen molar-refractivity contribution in [1.29, 1.82) is 0 Å². The van der Waals surface area contributed by atoms with E-state index < -0.39 is 6.10 Å². The third kappa shape index (κ3) is 2.73. The van der Waals surface area contributed by atoms with Crippen molar-refractivity contribution in [2.45, 2.75) is 51.8 Å². The number of aromatic nitrogens is 2. The van der Waals surface area contributed by atoms with Gasteiger partial charge in [0.1, 0.15) is 18.5 Å². The first kappa shape index (κ1) is 15.0. The second-order valence-corrected chi connectivity index (χ2v) is 6.15. The molecular weight excluding hydrogens is 278 g/mol. The van der Waals surface area contributed by atoms with Crippen molar-refractivity contribution in [1.82, 2.24) is 14.5 Å². The van der Waals surface area contributed by atoms with Gasteiger partial charge in [0, 0.05) is 12.6 Å². The van der Waals surface area contributed by atoms with Gasteiger partial charge >= 0.3 is 0 Å². The average Bonchev–Trinajstić information content (AvgIpc) is 2.87. The third-order valence-electron chi connectivity index (χ3n) is 4.47. The number of aliphatic hydroxyl groups is 1. The van der Waals surface area contributed by atoms with Gasteiger partial charge in [-0.15, -0.1) is 0 Å². The first-order chi connectivity index (χ1) is 10.6. The number of carbonyl (C=O) groups excluding carboxylic acids is 1. The Morgan fingerprint density at radius 3 is 2.91 bits per heavy atom. The van der Waals surface area contributed by atoms with Crippen LogP contribution in [0.2, 0.25) is 0 Å². The molecule has 2 heterocycles. The highest BCUT2D eigenvalue weighted by atomic mass is 16.3. The van der Waals surface area contributed by atoms with Gasteiger partial charge in [0.15, 0.2) is 0 Å². The third-order valence-corrected chi connectivity index (χ3v) is 4.47. The van der Waals surface area contributed by atoms with E-state index in [0.717, 1.165) is 30.4 Å². The Bertz CT molecular complexity index is 678. The van der Waals surface area contributed by atoms with Gasteiger partial charge in [-0.2, -0.15) is 0 Å².